The number of aromatic nitrogens is 2. The fourth-order valence-electron chi connectivity index (χ4n) is 0.689. The minimum atomic E-state index is -5.42. The molecule has 0 saturated heterocycles. The van der Waals surface area contributed by atoms with Crippen LogP contribution in [0.3, 0.4) is 0 Å². The lowest BCUT2D eigenvalue weighted by Gasteiger charge is -1.84. The summed E-state index contributed by atoms with van der Waals surface area (Å²) in [6, 6.07) is 0. The minimum absolute atomic E-state index is 1.06. The van der Waals surface area contributed by atoms with E-state index >= 15 is 0 Å². The van der Waals surface area contributed by atoms with Crippen molar-refractivity contribution in [2.24, 2.45) is 7.05 Å². The highest BCUT2D eigenvalue weighted by Gasteiger charge is 1.92. The lowest BCUT2D eigenvalue weighted by molar-refractivity contribution is -0.671. The molecule has 1 heterocycles. The Morgan fingerprint density at radius 3 is 1.39 bits per heavy atom. The molecule has 0 amide bonds. The molecule has 0 radical (unpaired) electrons. The van der Waals surface area contributed by atoms with Gasteiger partial charge in [0.2, 0.25) is 6.33 Å². The Hall–Kier alpha value is -1.27. The standard InChI is InChI=1S/C6H11N2.3FHO3S/c1-3-8-5-4-7(2)6-8;3*1-5(2,3)4/h4-6H,3H2,1-2H3;3*(H,2,3,4)/q+1;;;/p-1. The summed E-state index contributed by atoms with van der Waals surface area (Å²) in [6.07, 6.45) is 6.14. The van der Waals surface area contributed by atoms with Gasteiger partial charge < -0.3 is 4.55 Å². The van der Waals surface area contributed by atoms with Crippen LogP contribution in [0, 0.1) is 0 Å². The summed E-state index contributed by atoms with van der Waals surface area (Å²) < 4.78 is 108. The van der Waals surface area contributed by atoms with Crippen LogP contribution in [-0.4, -0.2) is 43.5 Å². The second kappa shape index (κ2) is 11.3. The summed E-state index contributed by atoms with van der Waals surface area (Å²) in [5, 5.41) is 0. The topological polar surface area (TPSA) is 175 Å². The first kappa shape index (κ1) is 26.6. The van der Waals surface area contributed by atoms with Crippen molar-refractivity contribution in [2.75, 3.05) is 0 Å². The molecular weight excluding hydrogens is 397 g/mol. The molecule has 0 fully saturated rings. The Morgan fingerprint density at radius 1 is 1.04 bits per heavy atom. The Bertz CT molecular complexity index is 646. The van der Waals surface area contributed by atoms with Gasteiger partial charge in [0.05, 0.1) is 13.6 Å². The lowest BCUT2D eigenvalue weighted by atomic mass is 10.7. The van der Waals surface area contributed by atoms with E-state index in [1.807, 2.05) is 17.8 Å². The van der Waals surface area contributed by atoms with Gasteiger partial charge in [-0.1, -0.05) is 7.77 Å². The monoisotopic (exact) mass is 410 g/mol. The highest BCUT2D eigenvalue weighted by molar-refractivity contribution is 7.80. The minimum Gasteiger partial charge on any atom is -0.722 e. The van der Waals surface area contributed by atoms with Crippen molar-refractivity contribution in [1.29, 1.82) is 0 Å². The number of hydrogen-bond acceptors (Lipinski definition) is 7. The SMILES string of the molecule is CCn1cc[n+](C)c1.O=S(=O)(O)F.O=S(=O)(O)F.O=S(=O)([O-])F. The van der Waals surface area contributed by atoms with Gasteiger partial charge in [0, 0.05) is 0 Å². The zero-order chi connectivity index (χ0) is 19.5. The molecule has 1 rings (SSSR count). The van der Waals surface area contributed by atoms with E-state index in [4.69, 9.17) is 38.9 Å². The molecule has 0 aliphatic carbocycles. The van der Waals surface area contributed by atoms with Gasteiger partial charge in [0.25, 0.3) is 10.5 Å². The van der Waals surface area contributed by atoms with Crippen molar-refractivity contribution in [1.82, 2.24) is 4.57 Å². The van der Waals surface area contributed by atoms with Crippen LogP contribution in [0.2, 0.25) is 0 Å². The molecule has 0 unspecified atom stereocenters. The Labute approximate surface area is 131 Å². The molecule has 140 valence electrons. The van der Waals surface area contributed by atoms with Crippen molar-refractivity contribution in [3.8, 4) is 0 Å². The average molecular weight is 410 g/mol. The molecule has 23 heavy (non-hydrogen) atoms. The second-order valence-electron chi connectivity index (χ2n) is 3.13. The second-order valence-corrected chi connectivity index (χ2v) is 5.56. The van der Waals surface area contributed by atoms with E-state index in [1.165, 1.54) is 0 Å². The normalized spacial score (nSPS) is 11.0. The fourth-order valence-corrected chi connectivity index (χ4v) is 0.689. The highest BCUT2D eigenvalue weighted by atomic mass is 32.3. The Balaban J connectivity index is -0.000000240. The zero-order valence-corrected chi connectivity index (χ0v) is 13.9. The number of hydrogen-bond donors (Lipinski definition) is 2. The summed E-state index contributed by atoms with van der Waals surface area (Å²) in [5.74, 6) is 0. The zero-order valence-electron chi connectivity index (χ0n) is 11.4. The number of halogens is 3. The number of aryl methyl sites for hydroxylation is 2. The van der Waals surface area contributed by atoms with E-state index in [0.717, 1.165) is 6.54 Å². The van der Waals surface area contributed by atoms with E-state index < -0.39 is 31.5 Å². The van der Waals surface area contributed by atoms with Gasteiger partial charge in [-0.2, -0.15) is 16.8 Å². The van der Waals surface area contributed by atoms with Gasteiger partial charge in [-0.3, -0.25) is 9.11 Å². The first-order valence-corrected chi connectivity index (χ1v) is 8.82. The molecule has 1 aromatic heterocycles. The van der Waals surface area contributed by atoms with Crippen molar-refractivity contribution < 1.29 is 55.1 Å². The molecule has 1 aromatic rings. The number of rotatable bonds is 1. The molecule has 0 atom stereocenters. The third-order valence-corrected chi connectivity index (χ3v) is 1.19. The molecule has 0 spiro atoms. The maximum Gasteiger partial charge on any atom is 0.435 e. The highest BCUT2D eigenvalue weighted by Crippen LogP contribution is 1.79. The molecule has 0 saturated carbocycles. The van der Waals surface area contributed by atoms with Crippen LogP contribution in [-0.2, 0) is 45.1 Å². The van der Waals surface area contributed by atoms with Crippen LogP contribution in [0.25, 0.3) is 0 Å². The van der Waals surface area contributed by atoms with Crippen LogP contribution < -0.4 is 4.57 Å². The van der Waals surface area contributed by atoms with Gasteiger partial charge in [0.15, 0.2) is 0 Å². The lowest BCUT2D eigenvalue weighted by Crippen LogP contribution is -2.23. The van der Waals surface area contributed by atoms with Crippen LogP contribution in [0.1, 0.15) is 6.92 Å². The van der Waals surface area contributed by atoms with Crippen molar-refractivity contribution in [3.63, 3.8) is 0 Å². The van der Waals surface area contributed by atoms with Gasteiger partial charge in [0.1, 0.15) is 12.4 Å². The first-order valence-electron chi connectivity index (χ1n) is 4.83. The van der Waals surface area contributed by atoms with Crippen LogP contribution in [0.5, 0.6) is 0 Å². The van der Waals surface area contributed by atoms with Crippen molar-refractivity contribution in [3.05, 3.63) is 18.7 Å². The molecule has 11 nitrogen and oxygen atoms in total. The number of imidazole rings is 1. The molecule has 0 aliphatic heterocycles. The third-order valence-electron chi connectivity index (χ3n) is 1.19. The largest absolute Gasteiger partial charge is 0.722 e. The van der Waals surface area contributed by atoms with Crippen LogP contribution in [0.15, 0.2) is 18.7 Å². The summed E-state index contributed by atoms with van der Waals surface area (Å²) >= 11 is 0. The van der Waals surface area contributed by atoms with Crippen LogP contribution >= 0.6 is 0 Å². The Morgan fingerprint density at radius 2 is 1.30 bits per heavy atom. The quantitative estimate of drug-likeness (QED) is 0.343. The maximum atomic E-state index is 10.2. The molecule has 17 heteroatoms. The number of nitrogens with zero attached hydrogens (tertiary/aromatic N) is 2. The smallest absolute Gasteiger partial charge is 0.435 e. The van der Waals surface area contributed by atoms with Gasteiger partial charge >= 0.3 is 21.0 Å². The average Bonchev–Trinajstić information content (AvgIpc) is 2.56. The van der Waals surface area contributed by atoms with Crippen LogP contribution in [0.4, 0.5) is 11.7 Å². The summed E-state index contributed by atoms with van der Waals surface area (Å²) in [7, 11) is -13.7. The summed E-state index contributed by atoms with van der Waals surface area (Å²) in [6.45, 7) is 3.18. The van der Waals surface area contributed by atoms with E-state index in [2.05, 4.69) is 24.0 Å². The molecule has 2 N–H and O–H groups in total. The first-order chi connectivity index (χ1) is 9.83. The van der Waals surface area contributed by atoms with Gasteiger partial charge in [-0.15, -0.1) is 3.89 Å². The summed E-state index contributed by atoms with van der Waals surface area (Å²) in [5.41, 5.74) is 0. The maximum absolute atomic E-state index is 10.2. The van der Waals surface area contributed by atoms with Crippen molar-refractivity contribution >= 4 is 31.5 Å². The summed E-state index contributed by atoms with van der Waals surface area (Å²) in [4.78, 5) is 0. The fraction of sp³-hybridized carbons (Fsp3) is 0.500. The van der Waals surface area contributed by atoms with E-state index in [9.17, 15) is 11.7 Å². The predicted molar refractivity (Wildman–Crippen MR) is 67.4 cm³/mol. The third kappa shape index (κ3) is 76.8. The van der Waals surface area contributed by atoms with E-state index in [-0.39, 0.29) is 0 Å². The van der Waals surface area contributed by atoms with Gasteiger partial charge in [-0.05, 0) is 6.92 Å². The molecule has 0 bridgehead atoms. The molecule has 0 aliphatic rings. The molecular formula is C6H13F3N2O9S3. The van der Waals surface area contributed by atoms with Gasteiger partial charge in [-0.25, -0.2) is 17.6 Å². The predicted octanol–water partition coefficient (Wildman–Crippen LogP) is -0.734. The van der Waals surface area contributed by atoms with E-state index in [0.29, 0.717) is 0 Å². The van der Waals surface area contributed by atoms with E-state index in [1.54, 1.807) is 0 Å². The molecule has 0 aromatic carbocycles. The van der Waals surface area contributed by atoms with Crippen molar-refractivity contribution in [2.45, 2.75) is 13.5 Å². The Kier molecular flexibility index (Phi) is 13.1.